The van der Waals surface area contributed by atoms with E-state index in [1.54, 1.807) is 18.5 Å². The van der Waals surface area contributed by atoms with Crippen molar-refractivity contribution in [1.29, 1.82) is 0 Å². The second kappa shape index (κ2) is 16.3. The van der Waals surface area contributed by atoms with Crippen molar-refractivity contribution in [2.45, 2.75) is 34.1 Å². The molecule has 0 spiro atoms. The second-order valence-corrected chi connectivity index (χ2v) is 8.24. The highest BCUT2D eigenvalue weighted by Gasteiger charge is 2.09. The first-order valence-corrected chi connectivity index (χ1v) is 11.9. The Morgan fingerprint density at radius 2 is 1.82 bits per heavy atom. The van der Waals surface area contributed by atoms with Gasteiger partial charge in [0.2, 0.25) is 5.95 Å². The van der Waals surface area contributed by atoms with Crippen LogP contribution in [-0.2, 0) is 0 Å². The van der Waals surface area contributed by atoms with Crippen LogP contribution >= 0.6 is 12.2 Å². The summed E-state index contributed by atoms with van der Waals surface area (Å²) in [5, 5.41) is 6.20. The predicted molar refractivity (Wildman–Crippen MR) is 145 cm³/mol. The number of nitrogens with zero attached hydrogens (tertiary/aromatic N) is 4. The maximum Gasteiger partial charge on any atom is 0.227 e. The van der Waals surface area contributed by atoms with Crippen molar-refractivity contribution in [1.82, 2.24) is 25.1 Å². The van der Waals surface area contributed by atoms with E-state index in [-0.39, 0.29) is 0 Å². The van der Waals surface area contributed by atoms with Gasteiger partial charge in [-0.15, -0.1) is 0 Å². The van der Waals surface area contributed by atoms with Crippen LogP contribution in [0.1, 0.15) is 37.1 Å². The quantitative estimate of drug-likeness (QED) is 0.567. The number of benzene rings is 1. The van der Waals surface area contributed by atoms with Gasteiger partial charge in [-0.1, -0.05) is 31.3 Å². The average molecular weight is 472 g/mol. The summed E-state index contributed by atoms with van der Waals surface area (Å²) in [4.78, 5) is 14.1. The van der Waals surface area contributed by atoms with E-state index < -0.39 is 0 Å². The third-order valence-electron chi connectivity index (χ3n) is 5.01. The van der Waals surface area contributed by atoms with Gasteiger partial charge in [-0.3, -0.25) is 0 Å². The monoisotopic (exact) mass is 471 g/mol. The van der Waals surface area contributed by atoms with Crippen molar-refractivity contribution in [2.24, 2.45) is 5.73 Å². The van der Waals surface area contributed by atoms with Crippen LogP contribution in [0.5, 0.6) is 0 Å². The minimum absolute atomic E-state index is 0.530. The third kappa shape index (κ3) is 11.3. The fourth-order valence-electron chi connectivity index (χ4n) is 3.37. The van der Waals surface area contributed by atoms with E-state index in [2.05, 4.69) is 82.2 Å². The Bertz CT molecular complexity index is 849. The maximum absolute atomic E-state index is 5.27. The highest BCUT2D eigenvalue weighted by atomic mass is 32.1. The molecule has 2 aromatic rings. The smallest absolute Gasteiger partial charge is 0.227 e. The van der Waals surface area contributed by atoms with Gasteiger partial charge in [0.15, 0.2) is 0 Å². The lowest BCUT2D eigenvalue weighted by Gasteiger charge is -2.16. The number of anilines is 2. The second-order valence-electron chi connectivity index (χ2n) is 7.83. The molecule has 7 nitrogen and oxygen atoms in total. The molecular formula is C25H41N7S. The Hall–Kier alpha value is -2.39. The summed E-state index contributed by atoms with van der Waals surface area (Å²) in [5.41, 5.74) is 8.54. The lowest BCUT2D eigenvalue weighted by Crippen LogP contribution is -2.28. The number of hydrogen-bond acceptors (Lipinski definition) is 7. The molecule has 0 saturated carbocycles. The van der Waals surface area contributed by atoms with Crippen molar-refractivity contribution in [3.05, 3.63) is 59.6 Å². The number of thiocarbonyl (C=S) groups is 1. The molecule has 1 aromatic heterocycles. The topological polar surface area (TPSA) is 82.3 Å². The fraction of sp³-hybridized carbons (Fsp3) is 0.480. The Labute approximate surface area is 205 Å². The Morgan fingerprint density at radius 3 is 2.45 bits per heavy atom. The summed E-state index contributed by atoms with van der Waals surface area (Å²) in [6.07, 6.45) is 6.69. The van der Waals surface area contributed by atoms with Crippen molar-refractivity contribution in [3.8, 4) is 0 Å². The molecule has 1 aliphatic heterocycles. The lowest BCUT2D eigenvalue weighted by molar-refractivity contribution is 0.289. The first kappa shape index (κ1) is 28.6. The number of aryl methyl sites for hydroxylation is 2. The van der Waals surface area contributed by atoms with E-state index in [9.17, 15) is 0 Å². The summed E-state index contributed by atoms with van der Waals surface area (Å²) in [7, 11) is 3.71. The summed E-state index contributed by atoms with van der Waals surface area (Å²) >= 11 is 5.27. The number of nitrogens with one attached hydrogen (secondary N) is 2. The minimum atomic E-state index is 0.530. The van der Waals surface area contributed by atoms with Crippen LogP contribution in [0, 0.1) is 13.8 Å². The van der Waals surface area contributed by atoms with Gasteiger partial charge in [0.05, 0.1) is 0 Å². The molecule has 1 aromatic carbocycles. The molecule has 3 rings (SSSR count). The van der Waals surface area contributed by atoms with Gasteiger partial charge in [0, 0.05) is 25.0 Å². The number of allylic oxidation sites excluding steroid dienone is 1. The largest absolute Gasteiger partial charge is 0.351 e. The molecule has 0 unspecified atom stereocenters. The molecule has 0 bridgehead atoms. The molecule has 0 atom stereocenters. The van der Waals surface area contributed by atoms with E-state index in [1.807, 2.05) is 13.0 Å². The SMILES string of the molecule is C/C=C/NC(=S)c1ccnc(Nc2cc(C)cc(C)c2)n1.CCN1CCCN(C)CC1.CN. The van der Waals surface area contributed by atoms with Crippen molar-refractivity contribution in [3.63, 3.8) is 0 Å². The van der Waals surface area contributed by atoms with Crippen LogP contribution in [0.4, 0.5) is 11.6 Å². The zero-order chi connectivity index (χ0) is 24.6. The molecule has 0 amide bonds. The van der Waals surface area contributed by atoms with Crippen LogP contribution in [0.15, 0.2) is 42.7 Å². The van der Waals surface area contributed by atoms with Crippen LogP contribution in [0.2, 0.25) is 0 Å². The molecule has 33 heavy (non-hydrogen) atoms. The van der Waals surface area contributed by atoms with Gasteiger partial charge in [-0.2, -0.15) is 0 Å². The minimum Gasteiger partial charge on any atom is -0.351 e. The molecule has 0 radical (unpaired) electrons. The normalized spacial score (nSPS) is 14.4. The first-order chi connectivity index (χ1) is 15.9. The van der Waals surface area contributed by atoms with Gasteiger partial charge in [0.25, 0.3) is 0 Å². The average Bonchev–Trinajstić information content (AvgIpc) is 3.02. The molecule has 4 N–H and O–H groups in total. The van der Waals surface area contributed by atoms with Crippen LogP contribution in [-0.4, -0.2) is 71.6 Å². The summed E-state index contributed by atoms with van der Waals surface area (Å²) < 4.78 is 0. The number of likely N-dealkylation sites (N-methyl/N-ethyl adjacent to an activating group) is 2. The Morgan fingerprint density at radius 1 is 1.12 bits per heavy atom. The number of hydrogen-bond donors (Lipinski definition) is 3. The predicted octanol–water partition coefficient (Wildman–Crippen LogP) is 3.85. The number of nitrogens with two attached hydrogens (primary N) is 1. The first-order valence-electron chi connectivity index (χ1n) is 11.5. The van der Waals surface area contributed by atoms with Crippen LogP contribution in [0.25, 0.3) is 0 Å². The molecule has 0 aliphatic carbocycles. The summed E-state index contributed by atoms with van der Waals surface area (Å²) in [6, 6.07) is 8.02. The van der Waals surface area contributed by atoms with Gasteiger partial charge in [-0.05, 0) is 96.4 Å². The molecule has 1 fully saturated rings. The zero-order valence-electron chi connectivity index (χ0n) is 21.1. The van der Waals surface area contributed by atoms with E-state index >= 15 is 0 Å². The fourth-order valence-corrected chi connectivity index (χ4v) is 3.55. The van der Waals surface area contributed by atoms with Gasteiger partial charge < -0.3 is 26.2 Å². The Kier molecular flexibility index (Phi) is 14.1. The lowest BCUT2D eigenvalue weighted by atomic mass is 10.1. The number of rotatable bonds is 5. The highest BCUT2D eigenvalue weighted by Crippen LogP contribution is 2.17. The van der Waals surface area contributed by atoms with Crippen LogP contribution in [0.3, 0.4) is 0 Å². The summed E-state index contributed by atoms with van der Waals surface area (Å²) in [6.45, 7) is 14.6. The molecule has 2 heterocycles. The molecule has 1 saturated heterocycles. The van der Waals surface area contributed by atoms with E-state index in [4.69, 9.17) is 12.2 Å². The van der Waals surface area contributed by atoms with E-state index in [1.165, 1.54) is 57.3 Å². The van der Waals surface area contributed by atoms with Crippen molar-refractivity contribution in [2.75, 3.05) is 52.1 Å². The van der Waals surface area contributed by atoms with Gasteiger partial charge >= 0.3 is 0 Å². The van der Waals surface area contributed by atoms with E-state index in [0.29, 0.717) is 16.6 Å². The molecule has 182 valence electrons. The summed E-state index contributed by atoms with van der Waals surface area (Å²) in [5.74, 6) is 0.530. The highest BCUT2D eigenvalue weighted by molar-refractivity contribution is 7.80. The van der Waals surface area contributed by atoms with E-state index in [0.717, 1.165) is 5.69 Å². The van der Waals surface area contributed by atoms with Crippen molar-refractivity contribution < 1.29 is 0 Å². The maximum atomic E-state index is 5.27. The Balaban J connectivity index is 0.000000380. The van der Waals surface area contributed by atoms with Crippen LogP contribution < -0.4 is 16.4 Å². The number of aromatic nitrogens is 2. The third-order valence-corrected chi connectivity index (χ3v) is 5.33. The standard InChI is InChI=1S/C16H18N4S.C8H18N2.CH5N/c1-4-6-17-15(21)14-5-7-18-16(20-14)19-13-9-11(2)8-12(3)10-13;1-3-10-6-4-5-9(2)7-8-10;1-2/h4-10H,1-3H3,(H,17,21)(H,18,19,20);3-8H2,1-2H3;2H2,1H3/b6-4+;;. The molecule has 8 heteroatoms. The zero-order valence-corrected chi connectivity index (χ0v) is 21.9. The van der Waals surface area contributed by atoms with Crippen molar-refractivity contribution >= 4 is 28.8 Å². The molecule has 1 aliphatic rings. The van der Waals surface area contributed by atoms with Gasteiger partial charge in [0.1, 0.15) is 10.7 Å². The molecular weight excluding hydrogens is 430 g/mol. The van der Waals surface area contributed by atoms with Gasteiger partial charge in [-0.25, -0.2) is 9.97 Å².